The van der Waals surface area contributed by atoms with E-state index in [0.717, 1.165) is 34.6 Å². The van der Waals surface area contributed by atoms with Crippen molar-refractivity contribution in [2.75, 3.05) is 6.54 Å². The van der Waals surface area contributed by atoms with Gasteiger partial charge in [0, 0.05) is 18.2 Å². The number of imidazole rings is 1. The Labute approximate surface area is 134 Å². The minimum absolute atomic E-state index is 0.381. The van der Waals surface area contributed by atoms with Crippen molar-refractivity contribution in [3.05, 3.63) is 46.5 Å². The molecule has 21 heavy (non-hydrogen) atoms. The maximum absolute atomic E-state index is 6.05. The largest absolute Gasteiger partial charge is 0.486 e. The summed E-state index contributed by atoms with van der Waals surface area (Å²) in [6.45, 7) is 8.63. The third-order valence-electron chi connectivity index (χ3n) is 3.28. The normalized spacial score (nSPS) is 11.1. The van der Waals surface area contributed by atoms with Crippen molar-refractivity contribution in [1.82, 2.24) is 14.9 Å². The molecule has 0 bridgehead atoms. The lowest BCUT2D eigenvalue weighted by Gasteiger charge is -2.16. The minimum Gasteiger partial charge on any atom is -0.486 e. The van der Waals surface area contributed by atoms with Gasteiger partial charge in [-0.05, 0) is 42.4 Å². The molecule has 2 aromatic rings. The maximum atomic E-state index is 6.05. The van der Waals surface area contributed by atoms with Gasteiger partial charge in [-0.15, -0.1) is 0 Å². The summed E-state index contributed by atoms with van der Waals surface area (Å²) in [5.41, 5.74) is 2.23. The highest BCUT2D eigenvalue weighted by Gasteiger charge is 2.11. The molecule has 0 saturated carbocycles. The van der Waals surface area contributed by atoms with Gasteiger partial charge in [0.05, 0.1) is 22.7 Å². The third-order valence-corrected chi connectivity index (χ3v) is 3.91. The van der Waals surface area contributed by atoms with Gasteiger partial charge in [-0.25, -0.2) is 4.98 Å². The summed E-state index contributed by atoms with van der Waals surface area (Å²) in [6.07, 6.45) is 3.71. The van der Waals surface area contributed by atoms with Crippen molar-refractivity contribution >= 4 is 15.9 Å². The van der Waals surface area contributed by atoms with E-state index in [0.29, 0.717) is 12.6 Å². The summed E-state index contributed by atoms with van der Waals surface area (Å²) < 4.78 is 9.16. The van der Waals surface area contributed by atoms with Crippen LogP contribution in [0.5, 0.6) is 5.75 Å². The number of hydrogen-bond acceptors (Lipinski definition) is 3. The molecule has 2 rings (SSSR count). The van der Waals surface area contributed by atoms with E-state index < -0.39 is 0 Å². The number of para-hydroxylation sites is 1. The highest BCUT2D eigenvalue weighted by atomic mass is 79.9. The van der Waals surface area contributed by atoms with Crippen LogP contribution in [0.1, 0.15) is 38.1 Å². The van der Waals surface area contributed by atoms with E-state index >= 15 is 0 Å². The monoisotopic (exact) mass is 351 g/mol. The van der Waals surface area contributed by atoms with Crippen LogP contribution in [0.2, 0.25) is 0 Å². The lowest BCUT2D eigenvalue weighted by Crippen LogP contribution is -2.13. The number of aromatic nitrogens is 2. The van der Waals surface area contributed by atoms with E-state index in [4.69, 9.17) is 4.74 Å². The summed E-state index contributed by atoms with van der Waals surface area (Å²) in [6, 6.07) is 6.50. The standard InChI is InChI=1S/C16H22BrN3O/c1-4-18-8-13-6-5-7-15(17)16(13)21-10-14-9-19-11-20(14)12(2)3/h5-7,9,11-12,18H,4,8,10H2,1-3H3. The van der Waals surface area contributed by atoms with Crippen LogP contribution in [0.3, 0.4) is 0 Å². The van der Waals surface area contributed by atoms with E-state index in [1.165, 1.54) is 0 Å². The Hall–Kier alpha value is -1.33. The van der Waals surface area contributed by atoms with Gasteiger partial charge >= 0.3 is 0 Å². The van der Waals surface area contributed by atoms with Crippen molar-refractivity contribution in [3.63, 3.8) is 0 Å². The molecule has 0 spiro atoms. The Bertz CT molecular complexity index is 581. The second-order valence-corrected chi connectivity index (χ2v) is 6.04. The number of hydrogen-bond donors (Lipinski definition) is 1. The first kappa shape index (κ1) is 16.0. The lowest BCUT2D eigenvalue weighted by atomic mass is 10.2. The Morgan fingerprint density at radius 1 is 1.38 bits per heavy atom. The molecule has 1 aromatic carbocycles. The van der Waals surface area contributed by atoms with Gasteiger partial charge in [0.1, 0.15) is 12.4 Å². The van der Waals surface area contributed by atoms with Crippen molar-refractivity contribution in [3.8, 4) is 5.75 Å². The number of rotatable bonds is 7. The molecule has 0 radical (unpaired) electrons. The molecule has 0 aliphatic rings. The Morgan fingerprint density at radius 2 is 2.19 bits per heavy atom. The first-order valence-electron chi connectivity index (χ1n) is 7.25. The Kier molecular flexibility index (Phi) is 5.82. The second-order valence-electron chi connectivity index (χ2n) is 5.18. The van der Waals surface area contributed by atoms with Gasteiger partial charge in [0.2, 0.25) is 0 Å². The molecule has 0 atom stereocenters. The van der Waals surface area contributed by atoms with E-state index in [1.54, 1.807) is 0 Å². The van der Waals surface area contributed by atoms with Gasteiger partial charge < -0.3 is 14.6 Å². The number of ether oxygens (including phenoxy) is 1. The fourth-order valence-corrected chi connectivity index (χ4v) is 2.69. The zero-order chi connectivity index (χ0) is 15.2. The highest BCUT2D eigenvalue weighted by Crippen LogP contribution is 2.30. The van der Waals surface area contributed by atoms with Crippen LogP contribution < -0.4 is 10.1 Å². The van der Waals surface area contributed by atoms with Crippen LogP contribution in [0.25, 0.3) is 0 Å². The Morgan fingerprint density at radius 3 is 2.90 bits per heavy atom. The topological polar surface area (TPSA) is 39.1 Å². The summed E-state index contributed by atoms with van der Waals surface area (Å²) in [7, 11) is 0. The van der Waals surface area contributed by atoms with Gasteiger partial charge in [-0.3, -0.25) is 0 Å². The third kappa shape index (κ3) is 4.08. The SMILES string of the molecule is CCNCc1cccc(Br)c1OCc1cncn1C(C)C. The summed E-state index contributed by atoms with van der Waals surface area (Å²) >= 11 is 3.58. The average molecular weight is 352 g/mol. The quantitative estimate of drug-likeness (QED) is 0.821. The van der Waals surface area contributed by atoms with Crippen LogP contribution in [0, 0.1) is 0 Å². The molecule has 0 aliphatic heterocycles. The smallest absolute Gasteiger partial charge is 0.138 e. The van der Waals surface area contributed by atoms with Crippen molar-refractivity contribution < 1.29 is 4.74 Å². The van der Waals surface area contributed by atoms with Crippen molar-refractivity contribution in [2.45, 2.75) is 40.0 Å². The summed E-state index contributed by atoms with van der Waals surface area (Å²) in [4.78, 5) is 4.21. The van der Waals surface area contributed by atoms with Gasteiger partial charge in [0.25, 0.3) is 0 Å². The molecular weight excluding hydrogens is 330 g/mol. The zero-order valence-electron chi connectivity index (χ0n) is 12.8. The zero-order valence-corrected chi connectivity index (χ0v) is 14.4. The van der Waals surface area contributed by atoms with E-state index in [2.05, 4.69) is 57.6 Å². The molecule has 4 nitrogen and oxygen atoms in total. The molecular formula is C16H22BrN3O. The first-order chi connectivity index (χ1) is 10.1. The average Bonchev–Trinajstić information content (AvgIpc) is 2.92. The lowest BCUT2D eigenvalue weighted by molar-refractivity contribution is 0.286. The second kappa shape index (κ2) is 7.61. The molecule has 0 aliphatic carbocycles. The fraction of sp³-hybridized carbons (Fsp3) is 0.438. The van der Waals surface area contributed by atoms with Crippen LogP contribution in [0.4, 0.5) is 0 Å². The fourth-order valence-electron chi connectivity index (χ4n) is 2.17. The van der Waals surface area contributed by atoms with E-state index in [-0.39, 0.29) is 0 Å². The number of nitrogens with zero attached hydrogens (tertiary/aromatic N) is 2. The molecule has 1 N–H and O–H groups in total. The predicted octanol–water partition coefficient (Wildman–Crippen LogP) is 3.92. The van der Waals surface area contributed by atoms with Crippen molar-refractivity contribution in [1.29, 1.82) is 0 Å². The molecule has 1 aromatic heterocycles. The molecule has 1 heterocycles. The van der Waals surface area contributed by atoms with Gasteiger partial charge in [0.15, 0.2) is 0 Å². The minimum atomic E-state index is 0.381. The number of benzene rings is 1. The molecule has 0 saturated heterocycles. The van der Waals surface area contributed by atoms with Crippen LogP contribution in [-0.4, -0.2) is 16.1 Å². The molecule has 0 amide bonds. The maximum Gasteiger partial charge on any atom is 0.138 e. The molecule has 0 fully saturated rings. The van der Waals surface area contributed by atoms with Gasteiger partial charge in [-0.1, -0.05) is 19.1 Å². The van der Waals surface area contributed by atoms with Crippen molar-refractivity contribution in [2.24, 2.45) is 0 Å². The Balaban J connectivity index is 2.13. The first-order valence-corrected chi connectivity index (χ1v) is 8.04. The molecule has 5 heteroatoms. The number of halogens is 1. The summed E-state index contributed by atoms with van der Waals surface area (Å²) in [5, 5.41) is 3.34. The van der Waals surface area contributed by atoms with Crippen LogP contribution in [0.15, 0.2) is 35.2 Å². The molecule has 114 valence electrons. The van der Waals surface area contributed by atoms with Gasteiger partial charge in [-0.2, -0.15) is 0 Å². The van der Waals surface area contributed by atoms with E-state index in [9.17, 15) is 0 Å². The predicted molar refractivity (Wildman–Crippen MR) is 88.5 cm³/mol. The highest BCUT2D eigenvalue weighted by molar-refractivity contribution is 9.10. The molecule has 0 unspecified atom stereocenters. The van der Waals surface area contributed by atoms with E-state index in [1.807, 2.05) is 24.7 Å². The summed E-state index contributed by atoms with van der Waals surface area (Å²) in [5.74, 6) is 0.898. The van der Waals surface area contributed by atoms with Crippen LogP contribution in [-0.2, 0) is 13.2 Å². The number of nitrogens with one attached hydrogen (secondary N) is 1. The van der Waals surface area contributed by atoms with Crippen LogP contribution >= 0.6 is 15.9 Å².